The van der Waals surface area contributed by atoms with Crippen molar-refractivity contribution in [2.75, 3.05) is 6.61 Å². The fourth-order valence-corrected chi connectivity index (χ4v) is 1.58. The number of carbonyl (C=O) groups excluding carboxylic acids is 2. The van der Waals surface area contributed by atoms with Gasteiger partial charge in [-0.25, -0.2) is 4.79 Å². The van der Waals surface area contributed by atoms with Gasteiger partial charge in [-0.3, -0.25) is 4.79 Å². The molecule has 5 nitrogen and oxygen atoms in total. The SMILES string of the molecule is CCOC(=O)C(=O)/C=C(\O)c1cc(Cl)cc(OC(F)F)c1. The molecule has 0 spiro atoms. The second kappa shape index (κ2) is 7.58. The smallest absolute Gasteiger partial charge is 0.387 e. The maximum Gasteiger partial charge on any atom is 0.387 e. The van der Waals surface area contributed by atoms with E-state index in [0.29, 0.717) is 6.08 Å². The molecule has 0 aromatic heterocycles. The number of halogens is 3. The van der Waals surface area contributed by atoms with Crippen LogP contribution in [0.15, 0.2) is 24.3 Å². The average Bonchev–Trinajstić information content (AvgIpc) is 2.37. The molecule has 0 amide bonds. The van der Waals surface area contributed by atoms with E-state index < -0.39 is 24.1 Å². The Morgan fingerprint density at radius 2 is 2.05 bits per heavy atom. The summed E-state index contributed by atoms with van der Waals surface area (Å²) in [6.45, 7) is -1.55. The van der Waals surface area contributed by atoms with Crippen LogP contribution in [0.25, 0.3) is 5.76 Å². The second-order valence-electron chi connectivity index (χ2n) is 3.67. The Labute approximate surface area is 123 Å². The Kier molecular flexibility index (Phi) is 6.10. The van der Waals surface area contributed by atoms with Crippen molar-refractivity contribution in [3.8, 4) is 5.75 Å². The molecule has 1 rings (SSSR count). The fourth-order valence-electron chi connectivity index (χ4n) is 1.35. The zero-order valence-corrected chi connectivity index (χ0v) is 11.6. The van der Waals surface area contributed by atoms with Gasteiger partial charge in [-0.05, 0) is 25.1 Å². The van der Waals surface area contributed by atoms with Crippen LogP contribution < -0.4 is 4.74 Å². The highest BCUT2D eigenvalue weighted by molar-refractivity contribution is 6.39. The summed E-state index contributed by atoms with van der Waals surface area (Å²) < 4.78 is 32.8. The lowest BCUT2D eigenvalue weighted by atomic mass is 10.1. The summed E-state index contributed by atoms with van der Waals surface area (Å²) in [6, 6.07) is 3.37. The standard InChI is InChI=1S/C13H11ClF2O5/c1-2-20-12(19)11(18)6-10(17)7-3-8(14)5-9(4-7)21-13(15)16/h3-6,13,17H,2H2,1H3/b10-6-. The van der Waals surface area contributed by atoms with Gasteiger partial charge in [-0.15, -0.1) is 0 Å². The number of ether oxygens (including phenoxy) is 2. The Hall–Kier alpha value is -2.15. The van der Waals surface area contributed by atoms with Crippen LogP contribution in [0.1, 0.15) is 12.5 Å². The summed E-state index contributed by atoms with van der Waals surface area (Å²) in [7, 11) is 0. The molecule has 0 bridgehead atoms. The van der Waals surface area contributed by atoms with Crippen molar-refractivity contribution in [1.82, 2.24) is 0 Å². The number of carbonyl (C=O) groups is 2. The molecule has 0 aliphatic carbocycles. The van der Waals surface area contributed by atoms with Crippen molar-refractivity contribution in [2.24, 2.45) is 0 Å². The van der Waals surface area contributed by atoms with Crippen molar-refractivity contribution in [3.63, 3.8) is 0 Å². The first-order valence-corrected chi connectivity index (χ1v) is 6.08. The number of hydrogen-bond acceptors (Lipinski definition) is 5. The van der Waals surface area contributed by atoms with E-state index in [-0.39, 0.29) is 22.9 Å². The minimum atomic E-state index is -3.07. The van der Waals surface area contributed by atoms with Gasteiger partial charge in [-0.2, -0.15) is 8.78 Å². The highest BCUT2D eigenvalue weighted by Gasteiger charge is 2.15. The largest absolute Gasteiger partial charge is 0.507 e. The Bertz CT molecular complexity index is 572. The number of aliphatic hydroxyl groups is 1. The van der Waals surface area contributed by atoms with Crippen molar-refractivity contribution < 1.29 is 33.0 Å². The number of alkyl halides is 2. The number of aliphatic hydroxyl groups excluding tert-OH is 1. The van der Waals surface area contributed by atoms with E-state index in [1.807, 2.05) is 0 Å². The molecule has 0 aliphatic rings. The van der Waals surface area contributed by atoms with Crippen molar-refractivity contribution >= 4 is 29.1 Å². The number of esters is 1. The average molecular weight is 321 g/mol. The lowest BCUT2D eigenvalue weighted by Gasteiger charge is -2.07. The van der Waals surface area contributed by atoms with E-state index >= 15 is 0 Å². The number of hydrogen-bond donors (Lipinski definition) is 1. The van der Waals surface area contributed by atoms with E-state index in [1.54, 1.807) is 0 Å². The van der Waals surface area contributed by atoms with Crippen LogP contribution in [0, 0.1) is 0 Å². The molecule has 1 aromatic rings. The van der Waals surface area contributed by atoms with Crippen LogP contribution in [0.3, 0.4) is 0 Å². The van der Waals surface area contributed by atoms with Crippen LogP contribution in [-0.4, -0.2) is 30.1 Å². The summed E-state index contributed by atoms with van der Waals surface area (Å²) in [5.41, 5.74) is -0.0594. The summed E-state index contributed by atoms with van der Waals surface area (Å²) in [6.07, 6.45) is 0.607. The van der Waals surface area contributed by atoms with E-state index in [1.165, 1.54) is 13.0 Å². The third-order valence-corrected chi connectivity index (χ3v) is 2.35. The molecule has 0 atom stereocenters. The normalized spacial score (nSPS) is 11.4. The molecule has 0 saturated carbocycles. The van der Waals surface area contributed by atoms with Crippen LogP contribution in [0.5, 0.6) is 5.75 Å². The zero-order chi connectivity index (χ0) is 16.0. The van der Waals surface area contributed by atoms with Gasteiger partial charge in [0.15, 0.2) is 0 Å². The van der Waals surface area contributed by atoms with Gasteiger partial charge in [0.05, 0.1) is 6.61 Å². The molecule has 0 aliphatic heterocycles. The highest BCUT2D eigenvalue weighted by atomic mass is 35.5. The Morgan fingerprint density at radius 1 is 1.38 bits per heavy atom. The number of benzene rings is 1. The van der Waals surface area contributed by atoms with Crippen molar-refractivity contribution in [1.29, 1.82) is 0 Å². The number of rotatable bonds is 6. The van der Waals surface area contributed by atoms with Crippen LogP contribution in [0.4, 0.5) is 8.78 Å². The van der Waals surface area contributed by atoms with Gasteiger partial charge in [0.2, 0.25) is 0 Å². The molecule has 1 aromatic carbocycles. The number of ketones is 1. The molecule has 1 N–H and O–H groups in total. The topological polar surface area (TPSA) is 72.8 Å². The van der Waals surface area contributed by atoms with E-state index in [2.05, 4.69) is 9.47 Å². The molecular weight excluding hydrogens is 310 g/mol. The first kappa shape index (κ1) is 16.9. The zero-order valence-electron chi connectivity index (χ0n) is 10.8. The van der Waals surface area contributed by atoms with E-state index in [4.69, 9.17) is 11.6 Å². The lowest BCUT2D eigenvalue weighted by molar-refractivity contribution is -0.151. The molecule has 114 valence electrons. The first-order valence-electron chi connectivity index (χ1n) is 5.71. The molecule has 0 unspecified atom stereocenters. The molecule has 0 radical (unpaired) electrons. The van der Waals surface area contributed by atoms with Gasteiger partial charge in [0.1, 0.15) is 11.5 Å². The maximum atomic E-state index is 12.1. The van der Waals surface area contributed by atoms with Gasteiger partial charge in [0.25, 0.3) is 5.78 Å². The first-order chi connectivity index (χ1) is 9.83. The molecule has 0 saturated heterocycles. The summed E-state index contributed by atoms with van der Waals surface area (Å²) >= 11 is 5.69. The predicted octanol–water partition coefficient (Wildman–Crippen LogP) is 2.97. The molecule has 0 fully saturated rings. The highest BCUT2D eigenvalue weighted by Crippen LogP contribution is 2.25. The quantitative estimate of drug-likeness (QED) is 0.377. The van der Waals surface area contributed by atoms with Gasteiger partial charge >= 0.3 is 12.6 Å². The Morgan fingerprint density at radius 3 is 2.62 bits per heavy atom. The van der Waals surface area contributed by atoms with Gasteiger partial charge in [-0.1, -0.05) is 11.6 Å². The third-order valence-electron chi connectivity index (χ3n) is 2.14. The summed E-state index contributed by atoms with van der Waals surface area (Å²) in [4.78, 5) is 22.5. The second-order valence-corrected chi connectivity index (χ2v) is 4.10. The van der Waals surface area contributed by atoms with Crippen LogP contribution in [-0.2, 0) is 14.3 Å². The third kappa shape index (κ3) is 5.39. The fraction of sp³-hybridized carbons (Fsp3) is 0.231. The lowest BCUT2D eigenvalue weighted by Crippen LogP contribution is -2.15. The molecule has 21 heavy (non-hydrogen) atoms. The summed E-state index contributed by atoms with van der Waals surface area (Å²) in [5, 5.41) is 9.73. The molecule has 8 heteroatoms. The maximum absolute atomic E-state index is 12.1. The van der Waals surface area contributed by atoms with Gasteiger partial charge < -0.3 is 14.6 Å². The predicted molar refractivity (Wildman–Crippen MR) is 70.3 cm³/mol. The van der Waals surface area contributed by atoms with E-state index in [9.17, 15) is 23.5 Å². The Balaban J connectivity index is 3.01. The van der Waals surface area contributed by atoms with Crippen molar-refractivity contribution in [2.45, 2.75) is 13.5 Å². The van der Waals surface area contributed by atoms with Crippen molar-refractivity contribution in [3.05, 3.63) is 34.9 Å². The van der Waals surface area contributed by atoms with Crippen LogP contribution in [0.2, 0.25) is 5.02 Å². The van der Waals surface area contributed by atoms with Gasteiger partial charge in [0, 0.05) is 16.7 Å². The minimum Gasteiger partial charge on any atom is -0.507 e. The van der Waals surface area contributed by atoms with Crippen LogP contribution >= 0.6 is 11.6 Å². The molecular formula is C13H11ClF2O5. The molecule has 0 heterocycles. The monoisotopic (exact) mass is 320 g/mol. The van der Waals surface area contributed by atoms with E-state index in [0.717, 1.165) is 12.1 Å². The summed E-state index contributed by atoms with van der Waals surface area (Å²) in [5.74, 6) is -3.16. The minimum absolute atomic E-state index is 0.00270.